The second-order valence-corrected chi connectivity index (χ2v) is 7.45. The largest absolute Gasteiger partial charge is 0.499 e. The molecule has 1 aliphatic rings. The van der Waals surface area contributed by atoms with Crippen molar-refractivity contribution in [1.82, 2.24) is 4.90 Å². The van der Waals surface area contributed by atoms with Crippen LogP contribution in [0.3, 0.4) is 0 Å². The van der Waals surface area contributed by atoms with E-state index in [0.29, 0.717) is 23.7 Å². The highest BCUT2D eigenvalue weighted by atomic mass is 35.5. The Morgan fingerprint density at radius 2 is 2.03 bits per heavy atom. The first-order valence-corrected chi connectivity index (χ1v) is 10.1. The predicted molar refractivity (Wildman–Crippen MR) is 117 cm³/mol. The number of halogens is 1. The van der Waals surface area contributed by atoms with Gasteiger partial charge in [0.2, 0.25) is 0 Å². The van der Waals surface area contributed by atoms with E-state index in [-0.39, 0.29) is 5.97 Å². The minimum Gasteiger partial charge on any atom is -0.499 e. The van der Waals surface area contributed by atoms with Crippen LogP contribution < -0.4 is 0 Å². The van der Waals surface area contributed by atoms with Gasteiger partial charge in [-0.05, 0) is 42.2 Å². The molecule has 0 radical (unpaired) electrons. The van der Waals surface area contributed by atoms with Crippen LogP contribution in [-0.4, -0.2) is 44.2 Å². The van der Waals surface area contributed by atoms with Crippen LogP contribution in [0.1, 0.15) is 23.1 Å². The Bertz CT molecular complexity index is 920. The summed E-state index contributed by atoms with van der Waals surface area (Å²) >= 11 is 6.21. The Labute approximate surface area is 177 Å². The number of ether oxygens (including phenoxy) is 2. The van der Waals surface area contributed by atoms with Crippen molar-refractivity contribution in [2.24, 2.45) is 0 Å². The van der Waals surface area contributed by atoms with Gasteiger partial charge < -0.3 is 9.47 Å². The fourth-order valence-corrected chi connectivity index (χ4v) is 3.61. The second-order valence-electron chi connectivity index (χ2n) is 7.01. The zero-order chi connectivity index (χ0) is 20.6. The molecule has 1 heterocycles. The maximum absolute atomic E-state index is 11.7. The maximum atomic E-state index is 11.7. The molecule has 5 heteroatoms. The van der Waals surface area contributed by atoms with Gasteiger partial charge in [-0.2, -0.15) is 0 Å². The lowest BCUT2D eigenvalue weighted by Gasteiger charge is -2.25. The Morgan fingerprint density at radius 3 is 2.79 bits per heavy atom. The first-order chi connectivity index (χ1) is 14.1. The maximum Gasteiger partial charge on any atom is 0.334 e. The van der Waals surface area contributed by atoms with E-state index in [0.717, 1.165) is 36.2 Å². The van der Waals surface area contributed by atoms with Crippen molar-refractivity contribution in [3.05, 3.63) is 88.2 Å². The monoisotopic (exact) mass is 411 g/mol. The predicted octanol–water partition coefficient (Wildman–Crippen LogP) is 4.86. The van der Waals surface area contributed by atoms with Gasteiger partial charge in [0.05, 0.1) is 13.4 Å². The third kappa shape index (κ3) is 5.72. The van der Waals surface area contributed by atoms with Crippen LogP contribution in [0.5, 0.6) is 0 Å². The zero-order valence-corrected chi connectivity index (χ0v) is 17.6. The molecule has 2 aromatic rings. The summed E-state index contributed by atoms with van der Waals surface area (Å²) in [4.78, 5) is 13.9. The molecule has 0 saturated heterocycles. The van der Waals surface area contributed by atoms with E-state index in [1.165, 1.54) is 12.7 Å². The molecule has 29 heavy (non-hydrogen) atoms. The number of rotatable bonds is 7. The highest BCUT2D eigenvalue weighted by Gasteiger charge is 2.18. The first kappa shape index (κ1) is 21.2. The van der Waals surface area contributed by atoms with Crippen LogP contribution in [0.25, 0.3) is 5.57 Å². The summed E-state index contributed by atoms with van der Waals surface area (Å²) in [6.45, 7) is 4.86. The summed E-state index contributed by atoms with van der Waals surface area (Å²) in [7, 11) is 1.42. The molecular formula is C24H26ClNO3. The fraction of sp³-hybridized carbons (Fsp3) is 0.292. The van der Waals surface area contributed by atoms with Crippen LogP contribution in [0.4, 0.5) is 0 Å². The summed E-state index contributed by atoms with van der Waals surface area (Å²) in [5, 5.41) is 0.692. The van der Waals surface area contributed by atoms with Crippen molar-refractivity contribution >= 4 is 23.1 Å². The smallest absolute Gasteiger partial charge is 0.334 e. The fourth-order valence-electron chi connectivity index (χ4n) is 3.42. The number of benzene rings is 2. The van der Waals surface area contributed by atoms with E-state index in [1.54, 1.807) is 0 Å². The van der Waals surface area contributed by atoms with E-state index in [4.69, 9.17) is 21.1 Å². The number of aryl methyl sites for hydroxylation is 1. The number of methoxy groups -OCH3 is 1. The molecule has 0 fully saturated rings. The van der Waals surface area contributed by atoms with Gasteiger partial charge in [0, 0.05) is 35.8 Å². The molecule has 1 aliphatic heterocycles. The molecule has 4 nitrogen and oxygen atoms in total. The molecule has 2 aromatic carbocycles. The summed E-state index contributed by atoms with van der Waals surface area (Å²) in [6.07, 6.45) is 4.62. The van der Waals surface area contributed by atoms with Gasteiger partial charge in [0.1, 0.15) is 6.61 Å². The molecule has 152 valence electrons. The average Bonchev–Trinajstić information content (AvgIpc) is 2.74. The third-order valence-electron chi connectivity index (χ3n) is 4.98. The lowest BCUT2D eigenvalue weighted by molar-refractivity contribution is -0.136. The van der Waals surface area contributed by atoms with Crippen molar-refractivity contribution in [2.45, 2.75) is 13.3 Å². The summed E-state index contributed by atoms with van der Waals surface area (Å²) < 4.78 is 10.8. The molecule has 0 aliphatic carbocycles. The van der Waals surface area contributed by atoms with E-state index in [2.05, 4.69) is 24.0 Å². The summed E-state index contributed by atoms with van der Waals surface area (Å²) in [6, 6.07) is 16.0. The van der Waals surface area contributed by atoms with Gasteiger partial charge in [0.25, 0.3) is 0 Å². The van der Waals surface area contributed by atoms with Gasteiger partial charge in [-0.25, -0.2) is 4.79 Å². The summed E-state index contributed by atoms with van der Waals surface area (Å²) in [5.74, 6) is -0.252. The van der Waals surface area contributed by atoms with Crippen molar-refractivity contribution in [3.63, 3.8) is 0 Å². The molecule has 0 bridgehead atoms. The van der Waals surface area contributed by atoms with Gasteiger partial charge in [-0.15, -0.1) is 0 Å². The zero-order valence-electron chi connectivity index (χ0n) is 16.9. The average molecular weight is 412 g/mol. The van der Waals surface area contributed by atoms with E-state index in [1.807, 2.05) is 48.7 Å². The lowest BCUT2D eigenvalue weighted by Crippen LogP contribution is -2.34. The number of esters is 1. The number of nitrogens with zero attached hydrogens (tertiary/aromatic N) is 1. The number of carbonyl (C=O) groups is 1. The van der Waals surface area contributed by atoms with Crippen LogP contribution in [0.15, 0.2) is 66.4 Å². The van der Waals surface area contributed by atoms with E-state index >= 15 is 0 Å². The third-order valence-corrected chi connectivity index (χ3v) is 5.21. The van der Waals surface area contributed by atoms with E-state index in [9.17, 15) is 4.79 Å². The Kier molecular flexibility index (Phi) is 7.50. The number of hydrogen-bond acceptors (Lipinski definition) is 4. The molecular weight excluding hydrogens is 386 g/mol. The Morgan fingerprint density at radius 1 is 1.21 bits per heavy atom. The second kappa shape index (κ2) is 10.3. The molecule has 0 atom stereocenters. The molecule has 0 amide bonds. The quantitative estimate of drug-likeness (QED) is 0.370. The first-order valence-electron chi connectivity index (χ1n) is 9.72. The van der Waals surface area contributed by atoms with Crippen molar-refractivity contribution < 1.29 is 14.3 Å². The molecule has 0 N–H and O–H groups in total. The van der Waals surface area contributed by atoms with Gasteiger partial charge in [0.15, 0.2) is 0 Å². The van der Waals surface area contributed by atoms with Gasteiger partial charge >= 0.3 is 5.97 Å². The Hall–Kier alpha value is -2.56. The molecule has 0 saturated carbocycles. The van der Waals surface area contributed by atoms with Crippen molar-refractivity contribution in [1.29, 1.82) is 0 Å². The van der Waals surface area contributed by atoms with Crippen molar-refractivity contribution in [2.75, 3.05) is 33.4 Å². The van der Waals surface area contributed by atoms with Gasteiger partial charge in [-0.3, -0.25) is 4.90 Å². The van der Waals surface area contributed by atoms with Crippen LogP contribution in [0.2, 0.25) is 5.02 Å². The standard InChI is InChI=1S/C24H26ClNO3/c1-18-7-3-4-11-22(18)23(19-8-5-10-21(25)15-19)17-29-14-13-26-12-6-9-20(16-26)24(27)28-2/h3-5,7-11,15,17H,6,12-14,16H2,1-2H3/b23-17-. The number of carbonyl (C=O) groups excluding carboxylic acids is 1. The molecule has 0 aromatic heterocycles. The highest BCUT2D eigenvalue weighted by Crippen LogP contribution is 2.28. The van der Waals surface area contributed by atoms with Crippen LogP contribution in [-0.2, 0) is 14.3 Å². The van der Waals surface area contributed by atoms with E-state index < -0.39 is 0 Å². The normalized spacial score (nSPS) is 15.0. The molecule has 0 unspecified atom stereocenters. The SMILES string of the molecule is COC(=O)C1=CCCN(CCO/C=C(/c2cccc(Cl)c2)c2ccccc2C)C1. The van der Waals surface area contributed by atoms with Gasteiger partial charge in [-0.1, -0.05) is 54.1 Å². The lowest BCUT2D eigenvalue weighted by atomic mass is 9.95. The van der Waals surface area contributed by atoms with Crippen LogP contribution in [0, 0.1) is 6.92 Å². The highest BCUT2D eigenvalue weighted by molar-refractivity contribution is 6.30. The molecule has 0 spiro atoms. The van der Waals surface area contributed by atoms with Crippen molar-refractivity contribution in [3.8, 4) is 0 Å². The molecule has 3 rings (SSSR count). The summed E-state index contributed by atoms with van der Waals surface area (Å²) in [5.41, 5.74) is 5.02. The Balaban J connectivity index is 1.69. The van der Waals surface area contributed by atoms with Crippen LogP contribution >= 0.6 is 11.6 Å². The number of hydrogen-bond donors (Lipinski definition) is 0. The minimum atomic E-state index is -0.252. The minimum absolute atomic E-state index is 0.252. The topological polar surface area (TPSA) is 38.8 Å².